The molecule has 2 bridgehead atoms. The molecule has 4 aliphatic rings. The number of carbonyl (C=O) groups excluding carboxylic acids is 2. The van der Waals surface area contributed by atoms with Gasteiger partial charge in [-0.1, -0.05) is 11.6 Å². The van der Waals surface area contributed by atoms with Crippen LogP contribution in [-0.2, 0) is 9.53 Å². The van der Waals surface area contributed by atoms with Gasteiger partial charge in [0.25, 0.3) is 5.91 Å². The van der Waals surface area contributed by atoms with Crippen LogP contribution in [0.2, 0.25) is 5.02 Å². The molecular formula is C20H25ClN2O5. The largest absolute Gasteiger partial charge is 0.480 e. The molecule has 2 amide bonds. The van der Waals surface area contributed by atoms with E-state index in [1.807, 2.05) is 20.8 Å². The number of carbonyl (C=O) groups is 2. The molecule has 0 radical (unpaired) electrons. The number of hydrogen-bond acceptors (Lipinski definition) is 5. The zero-order chi connectivity index (χ0) is 20.3. The van der Waals surface area contributed by atoms with Gasteiger partial charge in [-0.05, 0) is 58.2 Å². The molecule has 1 heterocycles. The molecule has 7 nitrogen and oxygen atoms in total. The van der Waals surface area contributed by atoms with Gasteiger partial charge in [-0.2, -0.15) is 0 Å². The summed E-state index contributed by atoms with van der Waals surface area (Å²) < 4.78 is 11.1. The van der Waals surface area contributed by atoms with E-state index in [4.69, 9.17) is 21.1 Å². The van der Waals surface area contributed by atoms with Crippen molar-refractivity contribution >= 4 is 23.6 Å². The first-order chi connectivity index (χ1) is 13.0. The lowest BCUT2D eigenvalue weighted by Gasteiger charge is -2.70. The molecule has 5 rings (SSSR count). The van der Waals surface area contributed by atoms with E-state index in [1.54, 1.807) is 18.2 Å². The van der Waals surface area contributed by atoms with E-state index in [2.05, 4.69) is 10.6 Å². The highest BCUT2D eigenvalue weighted by molar-refractivity contribution is 6.30. The molecule has 3 fully saturated rings. The van der Waals surface area contributed by atoms with Crippen LogP contribution in [-0.4, -0.2) is 39.9 Å². The second-order valence-corrected chi connectivity index (χ2v) is 9.68. The first kappa shape index (κ1) is 19.3. The summed E-state index contributed by atoms with van der Waals surface area (Å²) in [7, 11) is 0. The SMILES string of the molecule is CC(C)(C)OC(=O)NC12CC(NC(=O)[C@H]3C[C@@H](O)c4cc(Cl)ccc4O3)(C1)C2. The van der Waals surface area contributed by atoms with Crippen molar-refractivity contribution in [3.63, 3.8) is 0 Å². The zero-order valence-electron chi connectivity index (χ0n) is 16.2. The number of aliphatic hydroxyl groups excluding tert-OH is 1. The highest BCUT2D eigenvalue weighted by atomic mass is 35.5. The van der Waals surface area contributed by atoms with Gasteiger partial charge >= 0.3 is 6.09 Å². The van der Waals surface area contributed by atoms with Crippen molar-refractivity contribution in [2.75, 3.05) is 0 Å². The topological polar surface area (TPSA) is 96.9 Å². The number of aliphatic hydroxyl groups is 1. The summed E-state index contributed by atoms with van der Waals surface area (Å²) in [6, 6.07) is 4.99. The van der Waals surface area contributed by atoms with Gasteiger partial charge in [0.05, 0.1) is 11.6 Å². The Balaban J connectivity index is 1.31. The average molecular weight is 409 g/mol. The minimum absolute atomic E-state index is 0.177. The van der Waals surface area contributed by atoms with E-state index in [0.717, 1.165) is 0 Å². The molecule has 0 aromatic heterocycles. The fourth-order valence-corrected chi connectivity index (χ4v) is 4.67. The summed E-state index contributed by atoms with van der Waals surface area (Å²) in [5.74, 6) is 0.231. The number of amides is 2. The van der Waals surface area contributed by atoms with Gasteiger partial charge in [0.15, 0.2) is 6.10 Å². The summed E-state index contributed by atoms with van der Waals surface area (Å²) in [4.78, 5) is 24.6. The van der Waals surface area contributed by atoms with Crippen molar-refractivity contribution in [2.24, 2.45) is 0 Å². The standard InChI is InChI=1S/C20H25ClN2O5/c1-18(2,3)28-17(26)23-20-8-19(9-20,10-20)22-16(25)15-7-13(24)12-6-11(21)4-5-14(12)27-15/h4-6,13,15,24H,7-10H2,1-3H3,(H,22,25)(H,23,26)/t13-,15-,19?,20?/m1/s1. The summed E-state index contributed by atoms with van der Waals surface area (Å²) in [6.07, 6.45) is 0.210. The number of nitrogens with one attached hydrogen (secondary N) is 2. The van der Waals surface area contributed by atoms with E-state index in [0.29, 0.717) is 35.6 Å². The molecule has 28 heavy (non-hydrogen) atoms. The number of hydrogen-bond donors (Lipinski definition) is 3. The second-order valence-electron chi connectivity index (χ2n) is 9.25. The van der Waals surface area contributed by atoms with Gasteiger partial charge in [0.2, 0.25) is 0 Å². The molecule has 1 aromatic rings. The van der Waals surface area contributed by atoms with Crippen LogP contribution < -0.4 is 15.4 Å². The minimum atomic E-state index is -0.800. The monoisotopic (exact) mass is 408 g/mol. The third kappa shape index (κ3) is 3.53. The molecule has 3 aliphatic carbocycles. The number of fused-ring (bicyclic) bond motifs is 1. The molecule has 8 heteroatoms. The van der Waals surface area contributed by atoms with Crippen LogP contribution in [0.1, 0.15) is 58.1 Å². The molecule has 3 saturated carbocycles. The van der Waals surface area contributed by atoms with Gasteiger partial charge in [-0.25, -0.2) is 4.79 Å². The van der Waals surface area contributed by atoms with Crippen LogP contribution in [0.3, 0.4) is 0 Å². The maximum atomic E-state index is 12.7. The van der Waals surface area contributed by atoms with E-state index in [1.165, 1.54) is 0 Å². The Bertz CT molecular complexity index is 815. The predicted octanol–water partition coefficient (Wildman–Crippen LogP) is 2.84. The van der Waals surface area contributed by atoms with Gasteiger partial charge in [0, 0.05) is 22.5 Å². The van der Waals surface area contributed by atoms with Gasteiger partial charge in [-0.15, -0.1) is 0 Å². The van der Waals surface area contributed by atoms with Gasteiger partial charge in [0.1, 0.15) is 11.4 Å². The normalized spacial score (nSPS) is 32.8. The summed E-state index contributed by atoms with van der Waals surface area (Å²) in [6.45, 7) is 5.46. The number of halogens is 1. The first-order valence-corrected chi connectivity index (χ1v) is 9.83. The lowest BCUT2D eigenvalue weighted by Crippen LogP contribution is -2.84. The molecular weight excluding hydrogens is 384 g/mol. The third-order valence-corrected chi connectivity index (χ3v) is 5.75. The Morgan fingerprint density at radius 2 is 1.86 bits per heavy atom. The van der Waals surface area contributed by atoms with Crippen LogP contribution >= 0.6 is 11.6 Å². The number of ether oxygens (including phenoxy) is 2. The maximum Gasteiger partial charge on any atom is 0.408 e. The minimum Gasteiger partial charge on any atom is -0.480 e. The molecule has 152 valence electrons. The number of alkyl carbamates (subject to hydrolysis) is 1. The highest BCUT2D eigenvalue weighted by Crippen LogP contribution is 2.60. The quantitative estimate of drug-likeness (QED) is 0.714. The summed E-state index contributed by atoms with van der Waals surface area (Å²) in [5, 5.41) is 16.8. The Morgan fingerprint density at radius 3 is 2.50 bits per heavy atom. The average Bonchev–Trinajstić information content (AvgIpc) is 2.50. The summed E-state index contributed by atoms with van der Waals surface area (Å²) >= 11 is 5.96. The fourth-order valence-electron chi connectivity index (χ4n) is 4.49. The Labute approximate surface area is 168 Å². The molecule has 2 atom stereocenters. The molecule has 0 saturated heterocycles. The van der Waals surface area contributed by atoms with Crippen LogP contribution in [0.4, 0.5) is 4.79 Å². The first-order valence-electron chi connectivity index (χ1n) is 9.46. The Hall–Kier alpha value is -1.99. The van der Waals surface area contributed by atoms with Crippen molar-refractivity contribution in [3.8, 4) is 5.75 Å². The van der Waals surface area contributed by atoms with E-state index in [-0.39, 0.29) is 23.4 Å². The van der Waals surface area contributed by atoms with Crippen molar-refractivity contribution in [2.45, 2.75) is 75.3 Å². The smallest absolute Gasteiger partial charge is 0.408 e. The van der Waals surface area contributed by atoms with Crippen LogP contribution in [0, 0.1) is 0 Å². The number of rotatable bonds is 3. The Morgan fingerprint density at radius 1 is 1.21 bits per heavy atom. The Kier molecular flexibility index (Phi) is 4.32. The fraction of sp³-hybridized carbons (Fsp3) is 0.600. The predicted molar refractivity (Wildman–Crippen MR) is 102 cm³/mol. The van der Waals surface area contributed by atoms with Gasteiger partial charge in [-0.3, -0.25) is 4.79 Å². The van der Waals surface area contributed by atoms with E-state index < -0.39 is 23.9 Å². The molecule has 0 spiro atoms. The maximum absolute atomic E-state index is 12.7. The lowest BCUT2D eigenvalue weighted by atomic mass is 9.44. The number of benzene rings is 1. The van der Waals surface area contributed by atoms with E-state index >= 15 is 0 Å². The molecule has 1 aromatic carbocycles. The van der Waals surface area contributed by atoms with Crippen LogP contribution in [0.25, 0.3) is 0 Å². The van der Waals surface area contributed by atoms with Gasteiger partial charge < -0.3 is 25.2 Å². The third-order valence-electron chi connectivity index (χ3n) is 5.51. The van der Waals surface area contributed by atoms with Crippen LogP contribution in [0.5, 0.6) is 5.75 Å². The highest BCUT2D eigenvalue weighted by Gasteiger charge is 2.69. The summed E-state index contributed by atoms with van der Waals surface area (Å²) in [5.41, 5.74) is -0.534. The van der Waals surface area contributed by atoms with Crippen LogP contribution in [0.15, 0.2) is 18.2 Å². The lowest BCUT2D eigenvalue weighted by molar-refractivity contribution is -0.148. The molecule has 1 aliphatic heterocycles. The van der Waals surface area contributed by atoms with Crippen molar-refractivity contribution < 1.29 is 24.2 Å². The van der Waals surface area contributed by atoms with Crippen molar-refractivity contribution in [1.29, 1.82) is 0 Å². The van der Waals surface area contributed by atoms with E-state index in [9.17, 15) is 14.7 Å². The van der Waals surface area contributed by atoms with Crippen molar-refractivity contribution in [1.82, 2.24) is 10.6 Å². The second kappa shape index (κ2) is 6.26. The molecule has 3 N–H and O–H groups in total. The van der Waals surface area contributed by atoms with Crippen molar-refractivity contribution in [3.05, 3.63) is 28.8 Å². The molecule has 0 unspecified atom stereocenters. The zero-order valence-corrected chi connectivity index (χ0v) is 16.9.